The lowest BCUT2D eigenvalue weighted by Gasteiger charge is -2.15. The summed E-state index contributed by atoms with van der Waals surface area (Å²) in [4.78, 5) is 31.3. The summed E-state index contributed by atoms with van der Waals surface area (Å²) < 4.78 is 2.22. The van der Waals surface area contributed by atoms with E-state index in [-0.39, 0.29) is 5.91 Å². The van der Waals surface area contributed by atoms with Gasteiger partial charge in [0.15, 0.2) is 5.65 Å². The number of fused-ring (bicyclic) bond motifs is 1. The molecule has 1 aromatic carbocycles. The Balaban J connectivity index is 1.42. The van der Waals surface area contributed by atoms with Crippen molar-refractivity contribution < 1.29 is 4.79 Å². The van der Waals surface area contributed by atoms with Crippen LogP contribution in [0.15, 0.2) is 55.0 Å². The van der Waals surface area contributed by atoms with Crippen molar-refractivity contribution in [3.63, 3.8) is 0 Å². The Labute approximate surface area is 180 Å². The molecule has 1 amide bonds. The average molecular weight is 413 g/mol. The van der Waals surface area contributed by atoms with E-state index in [9.17, 15) is 4.79 Å². The van der Waals surface area contributed by atoms with Gasteiger partial charge in [0.05, 0.1) is 6.20 Å². The lowest BCUT2D eigenvalue weighted by Crippen LogP contribution is -2.22. The summed E-state index contributed by atoms with van der Waals surface area (Å²) >= 11 is 0. The van der Waals surface area contributed by atoms with Gasteiger partial charge in [-0.05, 0) is 42.7 Å². The fourth-order valence-corrected chi connectivity index (χ4v) is 3.54. The molecule has 31 heavy (non-hydrogen) atoms. The minimum Gasteiger partial charge on any atom is -0.342 e. The van der Waals surface area contributed by atoms with Crippen LogP contribution in [0.2, 0.25) is 0 Å². The van der Waals surface area contributed by atoms with Crippen LogP contribution in [0, 0.1) is 0 Å². The van der Waals surface area contributed by atoms with Gasteiger partial charge in [-0.25, -0.2) is 9.97 Å². The van der Waals surface area contributed by atoms with Gasteiger partial charge in [-0.3, -0.25) is 9.78 Å². The second-order valence-corrected chi connectivity index (χ2v) is 7.87. The smallest absolute Gasteiger partial charge is 0.229 e. The van der Waals surface area contributed by atoms with Gasteiger partial charge in [0, 0.05) is 50.2 Å². The predicted molar refractivity (Wildman–Crippen MR) is 119 cm³/mol. The summed E-state index contributed by atoms with van der Waals surface area (Å²) in [5.41, 5.74) is 4.60. The highest BCUT2D eigenvalue weighted by atomic mass is 16.2. The molecule has 1 saturated carbocycles. The molecule has 0 saturated heterocycles. The van der Waals surface area contributed by atoms with Gasteiger partial charge in [-0.15, -0.1) is 0 Å². The van der Waals surface area contributed by atoms with Crippen molar-refractivity contribution in [3.8, 4) is 11.4 Å². The molecule has 1 N–H and O–H groups in total. The van der Waals surface area contributed by atoms with Gasteiger partial charge in [0.25, 0.3) is 0 Å². The average Bonchev–Trinajstić information content (AvgIpc) is 3.55. The van der Waals surface area contributed by atoms with E-state index in [0.717, 1.165) is 46.6 Å². The lowest BCUT2D eigenvalue weighted by atomic mass is 10.2. The van der Waals surface area contributed by atoms with Crippen LogP contribution in [0.3, 0.4) is 0 Å². The van der Waals surface area contributed by atoms with Gasteiger partial charge in [0.1, 0.15) is 11.3 Å². The van der Waals surface area contributed by atoms with E-state index in [1.807, 2.05) is 36.4 Å². The first kappa shape index (κ1) is 19.2. The molecular formula is C23H23N7O. The molecule has 5 rings (SSSR count). The van der Waals surface area contributed by atoms with E-state index in [1.54, 1.807) is 37.5 Å². The summed E-state index contributed by atoms with van der Waals surface area (Å²) in [7, 11) is 1.79. The van der Waals surface area contributed by atoms with E-state index in [2.05, 4.69) is 19.9 Å². The van der Waals surface area contributed by atoms with Crippen molar-refractivity contribution in [3.05, 3.63) is 60.6 Å². The molecule has 8 nitrogen and oxygen atoms in total. The van der Waals surface area contributed by atoms with E-state index in [0.29, 0.717) is 18.5 Å². The third-order valence-corrected chi connectivity index (χ3v) is 5.45. The Morgan fingerprint density at radius 2 is 1.87 bits per heavy atom. The van der Waals surface area contributed by atoms with Gasteiger partial charge < -0.3 is 14.8 Å². The molecule has 156 valence electrons. The molecule has 1 aliphatic rings. The maximum atomic E-state index is 11.4. The summed E-state index contributed by atoms with van der Waals surface area (Å²) in [5.74, 6) is 1.48. The molecule has 4 aromatic rings. The first-order valence-corrected chi connectivity index (χ1v) is 10.3. The number of carbonyl (C=O) groups is 1. The molecule has 0 unspecified atom stereocenters. The number of rotatable bonds is 6. The number of carbonyl (C=O) groups excluding carboxylic acids is 1. The molecule has 0 atom stereocenters. The topological polar surface area (TPSA) is 88.8 Å². The molecule has 0 bridgehead atoms. The van der Waals surface area contributed by atoms with E-state index < -0.39 is 0 Å². The standard InChI is InChI=1S/C23H23N7O/c1-15(31)29(2)14-16-3-5-18(6-4-16)26-23-25-13-20-22(28-23)30(19-7-8-19)21(27-20)17-9-11-24-12-10-17/h3-6,9-13,19H,7-8,14H2,1-2H3,(H,25,26,28). The predicted octanol–water partition coefficient (Wildman–Crippen LogP) is 3.95. The number of nitrogens with zero attached hydrogens (tertiary/aromatic N) is 6. The van der Waals surface area contributed by atoms with Crippen molar-refractivity contribution >= 4 is 28.7 Å². The van der Waals surface area contributed by atoms with Gasteiger partial charge in [-0.2, -0.15) is 4.98 Å². The van der Waals surface area contributed by atoms with Crippen molar-refractivity contribution in [2.45, 2.75) is 32.4 Å². The molecule has 1 aliphatic carbocycles. The molecule has 0 aliphatic heterocycles. The monoisotopic (exact) mass is 413 g/mol. The fourth-order valence-electron chi connectivity index (χ4n) is 3.54. The number of aromatic nitrogens is 5. The number of hydrogen-bond acceptors (Lipinski definition) is 6. The Morgan fingerprint density at radius 3 is 2.55 bits per heavy atom. The Hall–Kier alpha value is -3.81. The number of nitrogens with one attached hydrogen (secondary N) is 1. The molecule has 3 heterocycles. The summed E-state index contributed by atoms with van der Waals surface area (Å²) in [6.07, 6.45) is 7.59. The van der Waals surface area contributed by atoms with Gasteiger partial charge in [-0.1, -0.05) is 12.1 Å². The number of imidazole rings is 1. The number of anilines is 2. The highest BCUT2D eigenvalue weighted by Gasteiger charge is 2.29. The van der Waals surface area contributed by atoms with E-state index >= 15 is 0 Å². The first-order valence-electron chi connectivity index (χ1n) is 10.3. The largest absolute Gasteiger partial charge is 0.342 e. The second-order valence-electron chi connectivity index (χ2n) is 7.87. The van der Waals surface area contributed by atoms with E-state index in [1.165, 1.54) is 0 Å². The van der Waals surface area contributed by atoms with Crippen molar-refractivity contribution in [2.24, 2.45) is 0 Å². The zero-order valence-corrected chi connectivity index (χ0v) is 17.5. The van der Waals surface area contributed by atoms with Gasteiger partial charge >= 0.3 is 0 Å². The second kappa shape index (κ2) is 7.79. The van der Waals surface area contributed by atoms with Crippen LogP contribution in [-0.4, -0.2) is 42.4 Å². The van der Waals surface area contributed by atoms with Crippen LogP contribution in [0.1, 0.15) is 31.4 Å². The van der Waals surface area contributed by atoms with Crippen molar-refractivity contribution in [1.82, 2.24) is 29.4 Å². The van der Waals surface area contributed by atoms with Crippen LogP contribution >= 0.6 is 0 Å². The summed E-state index contributed by atoms with van der Waals surface area (Å²) in [6, 6.07) is 12.3. The minimum absolute atomic E-state index is 0.0438. The first-order chi connectivity index (χ1) is 15.1. The maximum absolute atomic E-state index is 11.4. The molecule has 0 spiro atoms. The fraction of sp³-hybridized carbons (Fsp3) is 0.261. The maximum Gasteiger partial charge on any atom is 0.229 e. The third kappa shape index (κ3) is 3.96. The Kier molecular flexibility index (Phi) is 4.82. The van der Waals surface area contributed by atoms with E-state index in [4.69, 9.17) is 9.97 Å². The molecular weight excluding hydrogens is 390 g/mol. The SMILES string of the molecule is CC(=O)N(C)Cc1ccc(Nc2ncc3nc(-c4ccncc4)n(C4CC4)c3n2)cc1. The van der Waals surface area contributed by atoms with Crippen LogP contribution < -0.4 is 5.32 Å². The zero-order chi connectivity index (χ0) is 21.4. The number of benzene rings is 1. The summed E-state index contributed by atoms with van der Waals surface area (Å²) in [5, 5.41) is 3.28. The zero-order valence-electron chi connectivity index (χ0n) is 17.5. The summed E-state index contributed by atoms with van der Waals surface area (Å²) in [6.45, 7) is 2.15. The quantitative estimate of drug-likeness (QED) is 0.515. The highest BCUT2D eigenvalue weighted by Crippen LogP contribution is 2.40. The van der Waals surface area contributed by atoms with Crippen molar-refractivity contribution in [2.75, 3.05) is 12.4 Å². The van der Waals surface area contributed by atoms with Crippen LogP contribution in [0.5, 0.6) is 0 Å². The highest BCUT2D eigenvalue weighted by molar-refractivity contribution is 5.78. The number of hydrogen-bond donors (Lipinski definition) is 1. The van der Waals surface area contributed by atoms with Crippen LogP contribution in [0.4, 0.5) is 11.6 Å². The number of amides is 1. The van der Waals surface area contributed by atoms with Crippen LogP contribution in [0.25, 0.3) is 22.6 Å². The van der Waals surface area contributed by atoms with Gasteiger partial charge in [0.2, 0.25) is 11.9 Å². The lowest BCUT2D eigenvalue weighted by molar-refractivity contribution is -0.128. The molecule has 1 fully saturated rings. The molecule has 3 aromatic heterocycles. The Bertz CT molecular complexity index is 1230. The van der Waals surface area contributed by atoms with Crippen LogP contribution in [-0.2, 0) is 11.3 Å². The van der Waals surface area contributed by atoms with Crippen molar-refractivity contribution in [1.29, 1.82) is 0 Å². The number of pyridine rings is 1. The normalized spacial score (nSPS) is 13.4. The molecule has 8 heteroatoms. The molecule has 0 radical (unpaired) electrons. The third-order valence-electron chi connectivity index (χ3n) is 5.45. The Morgan fingerprint density at radius 1 is 1.13 bits per heavy atom. The minimum atomic E-state index is 0.0438.